The van der Waals surface area contributed by atoms with Gasteiger partial charge in [-0.3, -0.25) is 14.4 Å². The number of nitrogens with zero attached hydrogens (tertiary/aromatic N) is 2. The number of amides is 4. The molecule has 4 aromatic rings. The molecular weight excluding hydrogens is 753 g/mol. The Morgan fingerprint density at radius 1 is 1.04 bits per heavy atom. The van der Waals surface area contributed by atoms with Crippen LogP contribution in [-0.4, -0.2) is 91.6 Å². The zero-order chi connectivity index (χ0) is 41.1. The zero-order valence-electron chi connectivity index (χ0n) is 32.1. The number of pyridine rings is 1. The molecule has 1 saturated carbocycles. The third-order valence-corrected chi connectivity index (χ3v) is 11.1. The maximum atomic E-state index is 14.4. The van der Waals surface area contributed by atoms with E-state index in [0.29, 0.717) is 28.1 Å². The molecular formula is C41H46N6O9S. The number of aromatic nitrogens is 1. The molecule has 0 bridgehead atoms. The van der Waals surface area contributed by atoms with E-state index < -0.39 is 69.1 Å². The van der Waals surface area contributed by atoms with Crippen LogP contribution in [0, 0.1) is 5.92 Å². The highest BCUT2D eigenvalue weighted by atomic mass is 32.2. The summed E-state index contributed by atoms with van der Waals surface area (Å²) in [6.07, 6.45) is -0.172. The second-order valence-electron chi connectivity index (χ2n) is 14.9. The summed E-state index contributed by atoms with van der Waals surface area (Å²) in [7, 11) is -2.74. The van der Waals surface area contributed by atoms with E-state index in [4.69, 9.17) is 24.9 Å². The first-order valence-electron chi connectivity index (χ1n) is 18.3. The van der Waals surface area contributed by atoms with Gasteiger partial charge in [0.05, 0.1) is 29.8 Å². The Morgan fingerprint density at radius 3 is 2.33 bits per heavy atom. The lowest BCUT2D eigenvalue weighted by molar-refractivity contribution is -0.141. The molecule has 1 aliphatic heterocycles. The van der Waals surface area contributed by atoms with E-state index in [-0.39, 0.29) is 30.8 Å². The van der Waals surface area contributed by atoms with Crippen LogP contribution in [0.25, 0.3) is 22.2 Å². The topological polar surface area (TPSA) is 208 Å². The lowest BCUT2D eigenvalue weighted by atomic mass is 10.1. The molecule has 15 nitrogen and oxygen atoms in total. The summed E-state index contributed by atoms with van der Waals surface area (Å²) >= 11 is 0. The fourth-order valence-electron chi connectivity index (χ4n) is 6.79. The number of hydrogen-bond acceptors (Lipinski definition) is 11. The Kier molecular flexibility index (Phi) is 11.6. The summed E-state index contributed by atoms with van der Waals surface area (Å²) in [4.78, 5) is 61.0. The SMILES string of the molecule is C=C[C@@H]1C[C@]1(NC(=O)[C@@H]1C[C@@H](Oc2cc(-c3ccccc3)nc3cc(OC)ccc23)CN1C(=O)C(CN)NC(=O)OC(C)(C)C)C(=O)NS(=O)(=O)c1ccccc1. The number of carbonyl (C=O) groups excluding carboxylic acids is 4. The highest BCUT2D eigenvalue weighted by Gasteiger charge is 2.61. The van der Waals surface area contributed by atoms with Gasteiger partial charge in [-0.1, -0.05) is 54.6 Å². The quantitative estimate of drug-likeness (QED) is 0.144. The maximum absolute atomic E-state index is 14.4. The van der Waals surface area contributed by atoms with E-state index in [0.717, 1.165) is 5.56 Å². The molecule has 1 aliphatic carbocycles. The molecule has 300 valence electrons. The minimum Gasteiger partial charge on any atom is -0.497 e. The number of fused-ring (bicyclic) bond motifs is 1. The average molecular weight is 799 g/mol. The van der Waals surface area contributed by atoms with E-state index >= 15 is 0 Å². The number of ether oxygens (including phenoxy) is 3. The van der Waals surface area contributed by atoms with Crippen molar-refractivity contribution in [1.29, 1.82) is 0 Å². The molecule has 0 radical (unpaired) electrons. The number of rotatable bonds is 13. The number of hydrogen-bond donors (Lipinski definition) is 4. The van der Waals surface area contributed by atoms with Crippen LogP contribution in [0.5, 0.6) is 11.5 Å². The number of likely N-dealkylation sites (tertiary alicyclic amines) is 1. The maximum Gasteiger partial charge on any atom is 0.408 e. The molecule has 6 rings (SSSR count). The van der Waals surface area contributed by atoms with Crippen molar-refractivity contribution in [1.82, 2.24) is 25.2 Å². The molecule has 2 fully saturated rings. The predicted molar refractivity (Wildman–Crippen MR) is 211 cm³/mol. The van der Waals surface area contributed by atoms with Crippen LogP contribution in [0.4, 0.5) is 4.79 Å². The number of benzene rings is 3. The van der Waals surface area contributed by atoms with E-state index in [2.05, 4.69) is 21.9 Å². The van der Waals surface area contributed by atoms with E-state index in [1.54, 1.807) is 58.2 Å². The summed E-state index contributed by atoms with van der Waals surface area (Å²) in [5.41, 5.74) is 5.48. The van der Waals surface area contributed by atoms with Crippen molar-refractivity contribution in [2.45, 2.75) is 67.8 Å². The monoisotopic (exact) mass is 798 g/mol. The van der Waals surface area contributed by atoms with Crippen molar-refractivity contribution in [3.8, 4) is 22.8 Å². The second kappa shape index (κ2) is 16.2. The second-order valence-corrected chi connectivity index (χ2v) is 16.6. The number of methoxy groups -OCH3 is 1. The first-order chi connectivity index (χ1) is 27.1. The van der Waals surface area contributed by atoms with Gasteiger partial charge in [0.15, 0.2) is 0 Å². The molecule has 1 aromatic heterocycles. The first-order valence-corrected chi connectivity index (χ1v) is 19.8. The molecule has 16 heteroatoms. The van der Waals surface area contributed by atoms with Gasteiger partial charge in [0, 0.05) is 42.0 Å². The Bertz CT molecular complexity index is 2280. The van der Waals surface area contributed by atoms with E-state index in [1.165, 1.54) is 35.2 Å². The van der Waals surface area contributed by atoms with Gasteiger partial charge in [-0.25, -0.2) is 22.9 Å². The molecule has 0 spiro atoms. The van der Waals surface area contributed by atoms with Crippen molar-refractivity contribution < 1.29 is 41.8 Å². The molecule has 57 heavy (non-hydrogen) atoms. The standard InChI is InChI=1S/C41H46N6O9S/c1-6-26-22-41(26,38(50)46-57(52,53)29-15-11-8-12-16-29)45-36(48)34-20-28(24-47(34)37(49)33(23-42)44-39(51)56-40(2,3)4)55-35-21-31(25-13-9-7-10-14-25)43-32-19-27(54-5)17-18-30(32)35/h6-19,21,26,28,33-34H,1,20,22-24,42H2,2-5H3,(H,44,51)(H,45,48)(H,46,50)/t26-,28-,33?,34+,41-/m1/s1. The number of nitrogens with one attached hydrogen (secondary N) is 3. The van der Waals surface area contributed by atoms with Crippen LogP contribution in [0.2, 0.25) is 0 Å². The number of nitrogens with two attached hydrogens (primary N) is 1. The molecule has 2 heterocycles. The molecule has 5 atom stereocenters. The van der Waals surface area contributed by atoms with Crippen LogP contribution >= 0.6 is 0 Å². The molecule has 1 saturated heterocycles. The zero-order valence-corrected chi connectivity index (χ0v) is 32.9. The Balaban J connectivity index is 1.32. The predicted octanol–water partition coefficient (Wildman–Crippen LogP) is 3.68. The third kappa shape index (κ3) is 9.02. The van der Waals surface area contributed by atoms with Crippen LogP contribution in [0.15, 0.2) is 102 Å². The molecule has 4 amide bonds. The highest BCUT2D eigenvalue weighted by molar-refractivity contribution is 7.90. The van der Waals surface area contributed by atoms with Crippen LogP contribution in [0.1, 0.15) is 33.6 Å². The van der Waals surface area contributed by atoms with Crippen LogP contribution < -0.4 is 30.6 Å². The Hall–Kier alpha value is -6.00. The minimum atomic E-state index is -4.29. The Labute approximate surface area is 331 Å². The van der Waals surface area contributed by atoms with Gasteiger partial charge in [-0.2, -0.15) is 0 Å². The van der Waals surface area contributed by atoms with E-state index in [9.17, 15) is 27.6 Å². The fraction of sp³-hybridized carbons (Fsp3) is 0.341. The third-order valence-electron chi connectivity index (χ3n) is 9.75. The van der Waals surface area contributed by atoms with Crippen molar-refractivity contribution in [3.05, 3.63) is 97.6 Å². The van der Waals surface area contributed by atoms with E-state index in [1.807, 2.05) is 30.3 Å². The molecule has 1 unspecified atom stereocenters. The van der Waals surface area contributed by atoms with Gasteiger partial charge in [0.1, 0.15) is 40.8 Å². The van der Waals surface area contributed by atoms with Gasteiger partial charge in [0.2, 0.25) is 11.8 Å². The summed E-state index contributed by atoms with van der Waals surface area (Å²) in [6, 6.07) is 21.4. The number of alkyl carbamates (subject to hydrolysis) is 1. The highest BCUT2D eigenvalue weighted by Crippen LogP contribution is 2.45. The average Bonchev–Trinajstić information content (AvgIpc) is 3.75. The molecule has 2 aliphatic rings. The van der Waals surface area contributed by atoms with Crippen molar-refractivity contribution in [3.63, 3.8) is 0 Å². The van der Waals surface area contributed by atoms with Crippen molar-refractivity contribution in [2.75, 3.05) is 20.2 Å². The lowest BCUT2D eigenvalue weighted by Crippen LogP contribution is -2.59. The Morgan fingerprint density at radius 2 is 1.72 bits per heavy atom. The van der Waals surface area contributed by atoms with Crippen molar-refractivity contribution in [2.24, 2.45) is 11.7 Å². The lowest BCUT2D eigenvalue weighted by Gasteiger charge is -2.30. The minimum absolute atomic E-state index is 0.0410. The molecule has 5 N–H and O–H groups in total. The summed E-state index contributed by atoms with van der Waals surface area (Å²) in [5.74, 6) is -1.98. The first kappa shape index (κ1) is 40.7. The number of carbonyl (C=O) groups is 4. The number of sulfonamides is 1. The largest absolute Gasteiger partial charge is 0.497 e. The summed E-state index contributed by atoms with van der Waals surface area (Å²) < 4.78 is 45.8. The smallest absolute Gasteiger partial charge is 0.408 e. The van der Waals surface area contributed by atoms with Gasteiger partial charge in [0.25, 0.3) is 15.9 Å². The normalized spacial score (nSPS) is 20.9. The van der Waals surface area contributed by atoms with Crippen LogP contribution in [0.3, 0.4) is 0 Å². The van der Waals surface area contributed by atoms with Gasteiger partial charge >= 0.3 is 6.09 Å². The van der Waals surface area contributed by atoms with Gasteiger partial charge in [-0.15, -0.1) is 6.58 Å². The summed E-state index contributed by atoms with van der Waals surface area (Å²) in [5, 5.41) is 5.91. The summed E-state index contributed by atoms with van der Waals surface area (Å²) in [6.45, 7) is 8.34. The van der Waals surface area contributed by atoms with Gasteiger partial charge in [-0.05, 0) is 51.5 Å². The van der Waals surface area contributed by atoms with Crippen LogP contribution in [-0.2, 0) is 29.1 Å². The fourth-order valence-corrected chi connectivity index (χ4v) is 7.85. The van der Waals surface area contributed by atoms with Gasteiger partial charge < -0.3 is 35.5 Å². The molecule has 3 aromatic carbocycles. The van der Waals surface area contributed by atoms with Crippen molar-refractivity contribution >= 4 is 44.7 Å².